The van der Waals surface area contributed by atoms with Gasteiger partial charge in [0.15, 0.2) is 5.76 Å². The molecule has 10 heteroatoms. The summed E-state index contributed by atoms with van der Waals surface area (Å²) in [6, 6.07) is 20.9. The average Bonchev–Trinajstić information content (AvgIpc) is 3.63. The van der Waals surface area contributed by atoms with Gasteiger partial charge in [-0.3, -0.25) is 4.79 Å². The fourth-order valence-electron chi connectivity index (χ4n) is 3.77. The molecule has 0 bridgehead atoms. The maximum Gasteiger partial charge on any atom is 0.253 e. The Kier molecular flexibility index (Phi) is 6.05. The van der Waals surface area contributed by atoms with Crippen molar-refractivity contribution >= 4 is 23.4 Å². The number of aromatic nitrogens is 3. The van der Waals surface area contributed by atoms with Gasteiger partial charge in [-0.15, -0.1) is 10.2 Å². The lowest BCUT2D eigenvalue weighted by Crippen LogP contribution is -2.28. The molecule has 1 unspecified atom stereocenters. The molecule has 2 aromatic heterocycles. The van der Waals surface area contributed by atoms with Crippen LogP contribution >= 0.6 is 11.8 Å². The van der Waals surface area contributed by atoms with E-state index in [2.05, 4.69) is 10.2 Å². The predicted octanol–water partition coefficient (Wildman–Crippen LogP) is 3.73. The van der Waals surface area contributed by atoms with E-state index in [4.69, 9.17) is 20.1 Å². The zero-order chi connectivity index (χ0) is 23.5. The molecule has 172 valence electrons. The molecule has 1 aliphatic heterocycles. The molecule has 1 amide bonds. The molecule has 0 saturated heterocycles. The van der Waals surface area contributed by atoms with E-state index in [0.717, 1.165) is 22.6 Å². The van der Waals surface area contributed by atoms with Crippen molar-refractivity contribution in [2.45, 2.75) is 17.6 Å². The van der Waals surface area contributed by atoms with Gasteiger partial charge in [0.05, 0.1) is 30.9 Å². The lowest BCUT2D eigenvalue weighted by Gasteiger charge is -2.22. The molecular formula is C24H22N6O3S. The van der Waals surface area contributed by atoms with Crippen molar-refractivity contribution in [3.63, 3.8) is 0 Å². The van der Waals surface area contributed by atoms with Gasteiger partial charge in [-0.2, -0.15) is 5.10 Å². The number of hydrogen-bond donors (Lipinski definition) is 1. The van der Waals surface area contributed by atoms with Crippen LogP contribution in [-0.4, -0.2) is 44.4 Å². The monoisotopic (exact) mass is 474 g/mol. The molecule has 3 heterocycles. The van der Waals surface area contributed by atoms with E-state index in [9.17, 15) is 4.79 Å². The number of carbonyl (C=O) groups excluding carboxylic acids is 1. The van der Waals surface area contributed by atoms with Crippen LogP contribution in [0.1, 0.15) is 23.6 Å². The van der Waals surface area contributed by atoms with Crippen molar-refractivity contribution in [1.29, 1.82) is 0 Å². The Morgan fingerprint density at radius 3 is 2.62 bits per heavy atom. The number of methoxy groups -OCH3 is 1. The fourth-order valence-corrected chi connectivity index (χ4v) is 4.48. The van der Waals surface area contributed by atoms with Crippen molar-refractivity contribution in [3.8, 4) is 17.3 Å². The highest BCUT2D eigenvalue weighted by atomic mass is 32.2. The SMILES string of the molecule is COc1ccc(C2CC(c3ccccc3)=NN2C(=O)CSc2nnc(-c3ccco3)n2N)cc1. The Morgan fingerprint density at radius 1 is 1.12 bits per heavy atom. The Bertz CT molecular complexity index is 1300. The number of furan rings is 1. The minimum atomic E-state index is -0.219. The number of thioether (sulfide) groups is 1. The Hall–Kier alpha value is -4.05. The zero-order valence-corrected chi connectivity index (χ0v) is 19.2. The van der Waals surface area contributed by atoms with Crippen molar-refractivity contribution in [3.05, 3.63) is 84.1 Å². The quantitative estimate of drug-likeness (QED) is 0.321. The summed E-state index contributed by atoms with van der Waals surface area (Å²) in [6.45, 7) is 0. The summed E-state index contributed by atoms with van der Waals surface area (Å²) in [6.07, 6.45) is 2.15. The van der Waals surface area contributed by atoms with Crippen molar-refractivity contribution < 1.29 is 13.9 Å². The summed E-state index contributed by atoms with van der Waals surface area (Å²) >= 11 is 1.20. The molecular weight excluding hydrogens is 452 g/mol. The third kappa shape index (κ3) is 4.27. The lowest BCUT2D eigenvalue weighted by atomic mass is 9.98. The van der Waals surface area contributed by atoms with Gasteiger partial charge >= 0.3 is 0 Å². The molecule has 9 nitrogen and oxygen atoms in total. The predicted molar refractivity (Wildman–Crippen MR) is 129 cm³/mol. The van der Waals surface area contributed by atoms with Crippen LogP contribution in [0.15, 0.2) is 87.7 Å². The van der Waals surface area contributed by atoms with Crippen LogP contribution in [-0.2, 0) is 4.79 Å². The molecule has 2 N–H and O–H groups in total. The molecule has 0 aliphatic carbocycles. The van der Waals surface area contributed by atoms with E-state index in [1.54, 1.807) is 24.3 Å². The zero-order valence-electron chi connectivity index (χ0n) is 18.4. The van der Waals surface area contributed by atoms with E-state index < -0.39 is 0 Å². The number of hydrogen-bond acceptors (Lipinski definition) is 8. The van der Waals surface area contributed by atoms with E-state index in [1.807, 2.05) is 54.6 Å². The van der Waals surface area contributed by atoms with Crippen molar-refractivity contribution in [2.75, 3.05) is 18.7 Å². The first kappa shape index (κ1) is 21.8. The summed E-state index contributed by atoms with van der Waals surface area (Å²) < 4.78 is 11.9. The Balaban J connectivity index is 1.37. The smallest absolute Gasteiger partial charge is 0.253 e. The number of nitrogens with two attached hydrogens (primary N) is 1. The van der Waals surface area contributed by atoms with Gasteiger partial charge < -0.3 is 15.0 Å². The molecule has 0 spiro atoms. The highest BCUT2D eigenvalue weighted by Crippen LogP contribution is 2.34. The number of hydrazone groups is 1. The van der Waals surface area contributed by atoms with E-state index in [1.165, 1.54) is 22.7 Å². The molecule has 5 rings (SSSR count). The molecule has 4 aromatic rings. The maximum absolute atomic E-state index is 13.3. The first-order chi connectivity index (χ1) is 16.6. The third-order valence-corrected chi connectivity index (χ3v) is 6.43. The normalized spacial score (nSPS) is 15.4. The number of carbonyl (C=O) groups is 1. The van der Waals surface area contributed by atoms with Crippen LogP contribution in [0.25, 0.3) is 11.6 Å². The highest BCUT2D eigenvalue weighted by molar-refractivity contribution is 7.99. The van der Waals surface area contributed by atoms with Crippen LogP contribution in [0, 0.1) is 0 Å². The molecule has 34 heavy (non-hydrogen) atoms. The minimum Gasteiger partial charge on any atom is -0.497 e. The van der Waals surface area contributed by atoms with Gasteiger partial charge in [0, 0.05) is 6.42 Å². The number of ether oxygens (including phenoxy) is 1. The number of rotatable bonds is 7. The minimum absolute atomic E-state index is 0.103. The second-order valence-electron chi connectivity index (χ2n) is 7.59. The van der Waals surface area contributed by atoms with Crippen LogP contribution in [0.4, 0.5) is 0 Å². The van der Waals surface area contributed by atoms with Crippen LogP contribution in [0.5, 0.6) is 5.75 Å². The molecule has 0 fully saturated rings. The van der Waals surface area contributed by atoms with Gasteiger partial charge in [0.25, 0.3) is 5.91 Å². The molecule has 1 atom stereocenters. The van der Waals surface area contributed by atoms with E-state index in [0.29, 0.717) is 23.2 Å². The number of benzene rings is 2. The molecule has 0 radical (unpaired) electrons. The Morgan fingerprint density at radius 2 is 1.91 bits per heavy atom. The molecule has 0 saturated carbocycles. The summed E-state index contributed by atoms with van der Waals surface area (Å²) in [7, 11) is 1.63. The summed E-state index contributed by atoms with van der Waals surface area (Å²) in [5.41, 5.74) is 2.84. The van der Waals surface area contributed by atoms with Crippen LogP contribution in [0.2, 0.25) is 0 Å². The van der Waals surface area contributed by atoms with Crippen molar-refractivity contribution in [1.82, 2.24) is 19.9 Å². The third-order valence-electron chi connectivity index (χ3n) is 5.50. The summed E-state index contributed by atoms with van der Waals surface area (Å²) in [4.78, 5) is 13.3. The Labute approximate surface area is 200 Å². The first-order valence-corrected chi connectivity index (χ1v) is 11.6. The highest BCUT2D eigenvalue weighted by Gasteiger charge is 2.33. The maximum atomic E-state index is 13.3. The fraction of sp³-hybridized carbons (Fsp3) is 0.167. The molecule has 1 aliphatic rings. The van der Waals surface area contributed by atoms with Gasteiger partial charge in [-0.05, 0) is 35.4 Å². The average molecular weight is 475 g/mol. The lowest BCUT2D eigenvalue weighted by molar-refractivity contribution is -0.130. The van der Waals surface area contributed by atoms with E-state index in [-0.39, 0.29) is 17.7 Å². The summed E-state index contributed by atoms with van der Waals surface area (Å²) in [5, 5.41) is 14.8. The topological polar surface area (TPSA) is 112 Å². The van der Waals surface area contributed by atoms with Gasteiger partial charge in [-0.25, -0.2) is 9.69 Å². The van der Waals surface area contributed by atoms with Crippen molar-refractivity contribution in [2.24, 2.45) is 5.10 Å². The largest absolute Gasteiger partial charge is 0.497 e. The van der Waals surface area contributed by atoms with Crippen LogP contribution < -0.4 is 10.6 Å². The number of amides is 1. The first-order valence-electron chi connectivity index (χ1n) is 10.6. The number of nitrogen functional groups attached to an aromatic ring is 1. The van der Waals surface area contributed by atoms with Crippen LogP contribution in [0.3, 0.4) is 0 Å². The standard InChI is InChI=1S/C24H22N6O3S/c1-32-18-11-9-17(10-12-18)20-14-19(16-6-3-2-4-7-16)28-30(20)22(31)15-34-24-27-26-23(29(24)25)21-8-5-13-33-21/h2-13,20H,14-15,25H2,1H3. The van der Waals surface area contributed by atoms with E-state index >= 15 is 0 Å². The van der Waals surface area contributed by atoms with Gasteiger partial charge in [0.2, 0.25) is 11.0 Å². The summed E-state index contributed by atoms with van der Waals surface area (Å²) in [5.74, 6) is 7.73. The number of nitrogens with zero attached hydrogens (tertiary/aromatic N) is 5. The second kappa shape index (κ2) is 9.44. The molecule has 2 aromatic carbocycles. The van der Waals surface area contributed by atoms with Gasteiger partial charge in [0.1, 0.15) is 5.75 Å². The van der Waals surface area contributed by atoms with Gasteiger partial charge in [-0.1, -0.05) is 54.2 Å². The second-order valence-corrected chi connectivity index (χ2v) is 8.53.